The lowest BCUT2D eigenvalue weighted by atomic mass is 9.53. The lowest BCUT2D eigenvalue weighted by Gasteiger charge is -2.51. The Hall–Kier alpha value is -2.46. The van der Waals surface area contributed by atoms with Crippen LogP contribution in [0.25, 0.3) is 0 Å². The molecule has 0 amide bonds. The van der Waals surface area contributed by atoms with Gasteiger partial charge in [-0.25, -0.2) is 0 Å². The van der Waals surface area contributed by atoms with Crippen LogP contribution in [0.5, 0.6) is 0 Å². The Kier molecular flexibility index (Phi) is 6.37. The molecule has 0 saturated heterocycles. The van der Waals surface area contributed by atoms with E-state index in [4.69, 9.17) is 11.5 Å². The third kappa shape index (κ3) is 4.00. The van der Waals surface area contributed by atoms with E-state index in [9.17, 15) is 0 Å². The molecule has 2 aromatic heterocycles. The fraction of sp³-hybridized carbons (Fsp3) is 0.750. The van der Waals surface area contributed by atoms with E-state index >= 15 is 0 Å². The van der Waals surface area contributed by atoms with Crippen molar-refractivity contribution in [3.63, 3.8) is 0 Å². The maximum absolute atomic E-state index is 6.01. The second-order valence-electron chi connectivity index (χ2n) is 10.9. The molecule has 0 unspecified atom stereocenters. The van der Waals surface area contributed by atoms with E-state index < -0.39 is 0 Å². The van der Waals surface area contributed by atoms with Crippen LogP contribution in [0.15, 0.2) is 23.3 Å². The number of H-pyrrole nitrogens is 2. The Morgan fingerprint density at radius 2 is 1.24 bits per heavy atom. The van der Waals surface area contributed by atoms with Crippen molar-refractivity contribution in [2.24, 2.45) is 46.0 Å². The molecule has 4 aliphatic rings. The average molecular weight is 467 g/mol. The first-order valence-electron chi connectivity index (χ1n) is 12.8. The summed E-state index contributed by atoms with van der Waals surface area (Å²) in [6.07, 6.45) is 14.0. The summed E-state index contributed by atoms with van der Waals surface area (Å²) in [6.45, 7) is 5.91. The highest BCUT2D eigenvalue weighted by molar-refractivity contribution is 5.25. The summed E-state index contributed by atoms with van der Waals surface area (Å²) >= 11 is 0. The highest BCUT2D eigenvalue weighted by atomic mass is 15.5. The van der Waals surface area contributed by atoms with Gasteiger partial charge in [-0.1, -0.05) is 47.6 Å². The highest BCUT2D eigenvalue weighted by Crippen LogP contribution is 2.60. The molecule has 0 spiro atoms. The number of hydrogen-bond acceptors (Lipinski definition) is 8. The van der Waals surface area contributed by atoms with Gasteiger partial charge in [0.1, 0.15) is 0 Å². The lowest BCUT2D eigenvalue weighted by Crippen LogP contribution is -2.51. The van der Waals surface area contributed by atoms with Gasteiger partial charge >= 0.3 is 0 Å². The van der Waals surface area contributed by atoms with Crippen LogP contribution in [0.4, 0.5) is 0 Å². The number of aromatic nitrogens is 8. The van der Waals surface area contributed by atoms with Gasteiger partial charge in [0.25, 0.3) is 0 Å². The van der Waals surface area contributed by atoms with Gasteiger partial charge in [0.2, 0.25) is 0 Å². The van der Waals surface area contributed by atoms with Crippen molar-refractivity contribution in [2.75, 3.05) is 13.1 Å². The molecule has 6 atom stereocenters. The Bertz CT molecular complexity index is 930. The molecule has 34 heavy (non-hydrogen) atoms. The van der Waals surface area contributed by atoms with Crippen molar-refractivity contribution in [3.8, 4) is 0 Å². The van der Waals surface area contributed by atoms with Gasteiger partial charge in [0.05, 0.1) is 0 Å². The van der Waals surface area contributed by atoms with Crippen molar-refractivity contribution in [3.05, 3.63) is 34.9 Å². The predicted molar refractivity (Wildman–Crippen MR) is 128 cm³/mol. The number of nitrogens with zero attached hydrogens (tertiary/aromatic N) is 6. The monoisotopic (exact) mass is 466 g/mol. The molecule has 0 aliphatic heterocycles. The van der Waals surface area contributed by atoms with Gasteiger partial charge in [0.15, 0.2) is 11.6 Å². The zero-order valence-electron chi connectivity index (χ0n) is 20.4. The number of allylic oxidation sites excluding steroid dienone is 4. The number of hydrogen-bond donors (Lipinski definition) is 4. The van der Waals surface area contributed by atoms with Gasteiger partial charge in [0, 0.05) is 12.8 Å². The number of nitrogens with one attached hydrogen (secondary N) is 2. The molecule has 4 aliphatic carbocycles. The third-order valence-corrected chi connectivity index (χ3v) is 9.17. The molecular formula is C24H38N10. The van der Waals surface area contributed by atoms with Gasteiger partial charge in [-0.05, 0) is 86.1 Å². The van der Waals surface area contributed by atoms with Crippen LogP contribution < -0.4 is 11.5 Å². The molecule has 6 rings (SSSR count). The first-order valence-corrected chi connectivity index (χ1v) is 12.8. The smallest absolute Gasteiger partial charge is 0.175 e. The van der Waals surface area contributed by atoms with E-state index in [0.717, 1.165) is 49.4 Å². The zero-order chi connectivity index (χ0) is 23.8. The Morgan fingerprint density at radius 3 is 1.56 bits per heavy atom. The quantitative estimate of drug-likeness (QED) is 0.430. The molecule has 0 bridgehead atoms. The van der Waals surface area contributed by atoms with E-state index in [0.29, 0.717) is 11.8 Å². The average Bonchev–Trinajstić information content (AvgIpc) is 3.64. The molecule has 2 heterocycles. The minimum absolute atomic E-state index is 0.186. The minimum Gasteiger partial charge on any atom is -0.330 e. The maximum Gasteiger partial charge on any atom is 0.175 e. The van der Waals surface area contributed by atoms with Crippen molar-refractivity contribution >= 4 is 0 Å². The van der Waals surface area contributed by atoms with Crippen LogP contribution in [0.3, 0.4) is 0 Å². The summed E-state index contributed by atoms with van der Waals surface area (Å²) in [7, 11) is 0. The Morgan fingerprint density at radius 1 is 0.794 bits per heavy atom. The summed E-state index contributed by atoms with van der Waals surface area (Å²) in [5.74, 6) is 4.52. The van der Waals surface area contributed by atoms with Crippen LogP contribution in [0.2, 0.25) is 0 Å². The Labute approximate surface area is 200 Å². The molecule has 6 N–H and O–H groups in total. The number of rotatable bonds is 8. The summed E-state index contributed by atoms with van der Waals surface area (Å²) < 4.78 is 0. The maximum atomic E-state index is 6.01. The molecule has 0 radical (unpaired) electrons. The topological polar surface area (TPSA) is 161 Å². The number of nitrogens with two attached hydrogens (primary N) is 2. The largest absolute Gasteiger partial charge is 0.330 e. The highest BCUT2D eigenvalue weighted by Gasteiger charge is 2.55. The standard InChI is InChI=1S/2C12H19N5/c2*1-2-8-3-9-5-12(7-13,10(9)4-8)6-11-14-16-17-15-11/h2*4,9-10H,2-3,5-7,13H2,1H3,(H,14,15,16,17)/t2*9-,10-,12-/m10/s1. The fourth-order valence-electron chi connectivity index (χ4n) is 7.22. The third-order valence-electron chi connectivity index (χ3n) is 9.17. The number of aromatic amines is 2. The van der Waals surface area contributed by atoms with Crippen molar-refractivity contribution in [2.45, 2.75) is 65.2 Å². The molecule has 2 fully saturated rings. The Balaban J connectivity index is 0.000000142. The lowest BCUT2D eigenvalue weighted by molar-refractivity contribution is 0.00720. The molecule has 184 valence electrons. The minimum atomic E-state index is 0.186. The van der Waals surface area contributed by atoms with Gasteiger partial charge in [-0.15, -0.1) is 20.4 Å². The molecular weight excluding hydrogens is 428 g/mol. The molecule has 2 aromatic rings. The predicted octanol–water partition coefficient (Wildman–Crippen LogP) is 2.13. The van der Waals surface area contributed by atoms with E-state index in [-0.39, 0.29) is 10.8 Å². The zero-order valence-corrected chi connectivity index (χ0v) is 20.4. The first-order chi connectivity index (χ1) is 16.5. The van der Waals surface area contributed by atoms with Crippen LogP contribution in [-0.4, -0.2) is 54.3 Å². The molecule has 10 heteroatoms. The number of fused-ring (bicyclic) bond motifs is 2. The van der Waals surface area contributed by atoms with Crippen LogP contribution >= 0.6 is 0 Å². The van der Waals surface area contributed by atoms with E-state index in [1.807, 2.05) is 0 Å². The van der Waals surface area contributed by atoms with Crippen LogP contribution in [0, 0.1) is 34.5 Å². The van der Waals surface area contributed by atoms with Crippen molar-refractivity contribution < 1.29 is 0 Å². The molecule has 0 aromatic carbocycles. The van der Waals surface area contributed by atoms with Crippen LogP contribution in [0.1, 0.15) is 64.0 Å². The summed E-state index contributed by atoms with van der Waals surface area (Å²) in [6, 6.07) is 0. The second kappa shape index (κ2) is 9.30. The van der Waals surface area contributed by atoms with E-state index in [1.54, 1.807) is 11.1 Å². The number of tetrazole rings is 2. The fourth-order valence-corrected chi connectivity index (χ4v) is 7.22. The second-order valence-corrected chi connectivity index (χ2v) is 10.9. The van der Waals surface area contributed by atoms with Gasteiger partial charge in [-0.2, -0.15) is 10.4 Å². The van der Waals surface area contributed by atoms with E-state index in [1.165, 1.54) is 38.5 Å². The van der Waals surface area contributed by atoms with Crippen LogP contribution in [-0.2, 0) is 12.8 Å². The van der Waals surface area contributed by atoms with Crippen molar-refractivity contribution in [1.29, 1.82) is 0 Å². The molecule has 2 saturated carbocycles. The summed E-state index contributed by atoms with van der Waals surface area (Å²) in [4.78, 5) is 0. The normalized spacial score (nSPS) is 35.3. The molecule has 10 nitrogen and oxygen atoms in total. The van der Waals surface area contributed by atoms with Gasteiger partial charge < -0.3 is 11.5 Å². The first kappa shape index (κ1) is 23.3. The van der Waals surface area contributed by atoms with E-state index in [2.05, 4.69) is 67.2 Å². The van der Waals surface area contributed by atoms with Gasteiger partial charge in [-0.3, -0.25) is 0 Å². The van der Waals surface area contributed by atoms with Crippen molar-refractivity contribution in [1.82, 2.24) is 41.2 Å². The summed E-state index contributed by atoms with van der Waals surface area (Å²) in [5.41, 5.74) is 15.6. The summed E-state index contributed by atoms with van der Waals surface area (Å²) in [5, 5.41) is 28.5. The SMILES string of the molecule is CCC1=C[C@@H]2[C@H](C1)C[C@]2(CN)Cc1nn[nH]n1.CCC1=C[C@H]2[C@@H](C1)C[C@@]2(CN)Cc1nn[nH]n1.